The van der Waals surface area contributed by atoms with Crippen molar-refractivity contribution in [2.24, 2.45) is 5.10 Å². The third-order valence-corrected chi connectivity index (χ3v) is 5.23. The molecule has 29 heavy (non-hydrogen) atoms. The molecule has 11 heteroatoms. The Balaban J connectivity index is 1.83. The molecule has 3 aromatic rings. The van der Waals surface area contributed by atoms with Crippen molar-refractivity contribution in [3.63, 3.8) is 0 Å². The van der Waals surface area contributed by atoms with E-state index >= 15 is 0 Å². The van der Waals surface area contributed by atoms with Crippen LogP contribution in [0.1, 0.15) is 16.1 Å². The summed E-state index contributed by atoms with van der Waals surface area (Å²) in [5, 5.41) is 6.16. The molecule has 0 bridgehead atoms. The molecule has 0 saturated heterocycles. The molecule has 0 aliphatic rings. The van der Waals surface area contributed by atoms with Gasteiger partial charge in [0.2, 0.25) is 0 Å². The third kappa shape index (κ3) is 4.58. The van der Waals surface area contributed by atoms with Crippen LogP contribution in [0.15, 0.2) is 39.5 Å². The maximum absolute atomic E-state index is 12.4. The molecule has 1 aromatic carbocycles. The molecule has 8 nitrogen and oxygen atoms in total. The van der Waals surface area contributed by atoms with Crippen LogP contribution in [-0.2, 0) is 0 Å². The SMILES string of the molecule is COc1c(Cl)cc(/C=N/NC(=O)c2cc(-c3cccs3)[nH]c(=O)n2)c(OC)c1Cl. The second-order valence-electron chi connectivity index (χ2n) is 5.49. The average Bonchev–Trinajstić information content (AvgIpc) is 3.22. The van der Waals surface area contributed by atoms with Crippen molar-refractivity contribution in [2.75, 3.05) is 14.2 Å². The van der Waals surface area contributed by atoms with Crippen LogP contribution in [0.5, 0.6) is 11.5 Å². The molecular weight excluding hydrogens is 439 g/mol. The lowest BCUT2D eigenvalue weighted by atomic mass is 10.2. The number of nitrogens with zero attached hydrogens (tertiary/aromatic N) is 2. The lowest BCUT2D eigenvalue weighted by molar-refractivity contribution is 0.0949. The number of benzene rings is 1. The first-order valence-electron chi connectivity index (χ1n) is 8.03. The van der Waals surface area contributed by atoms with Gasteiger partial charge < -0.3 is 14.5 Å². The van der Waals surface area contributed by atoms with Gasteiger partial charge in [0.15, 0.2) is 5.75 Å². The molecule has 0 fully saturated rings. The minimum absolute atomic E-state index is 0.0768. The number of ether oxygens (including phenoxy) is 2. The molecule has 150 valence electrons. The first-order valence-corrected chi connectivity index (χ1v) is 9.66. The van der Waals surface area contributed by atoms with Crippen LogP contribution in [0.2, 0.25) is 10.0 Å². The number of rotatable bonds is 6. The normalized spacial score (nSPS) is 10.9. The number of methoxy groups -OCH3 is 2. The Morgan fingerprint density at radius 2 is 2.03 bits per heavy atom. The van der Waals surface area contributed by atoms with Crippen molar-refractivity contribution >= 4 is 46.7 Å². The highest BCUT2D eigenvalue weighted by Crippen LogP contribution is 2.41. The van der Waals surface area contributed by atoms with Crippen molar-refractivity contribution in [2.45, 2.75) is 0 Å². The molecular formula is C18H14Cl2N4O4S. The molecule has 0 spiro atoms. The van der Waals surface area contributed by atoms with Gasteiger partial charge in [-0.2, -0.15) is 10.1 Å². The fourth-order valence-electron chi connectivity index (χ4n) is 2.45. The number of carbonyl (C=O) groups is 1. The Morgan fingerprint density at radius 1 is 1.28 bits per heavy atom. The molecule has 0 radical (unpaired) electrons. The van der Waals surface area contributed by atoms with E-state index in [-0.39, 0.29) is 27.2 Å². The Hall–Kier alpha value is -2.88. The number of aromatic amines is 1. The smallest absolute Gasteiger partial charge is 0.346 e. The molecule has 0 unspecified atom stereocenters. The first kappa shape index (κ1) is 20.8. The van der Waals surface area contributed by atoms with Crippen LogP contribution in [0.25, 0.3) is 10.6 Å². The van der Waals surface area contributed by atoms with Crippen molar-refractivity contribution in [3.05, 3.63) is 61.4 Å². The number of carbonyl (C=O) groups excluding carboxylic acids is 1. The standard InChI is InChI=1S/C18H14Cl2N4O4S/c1-27-15-9(6-10(19)16(28-2)14(15)20)8-21-24-17(25)12-7-11(22-18(26)23-12)13-4-3-5-29-13/h3-8H,1-2H3,(H,24,25)(H,22,23,26)/b21-8+. The van der Waals surface area contributed by atoms with Gasteiger partial charge >= 0.3 is 5.69 Å². The van der Waals surface area contributed by atoms with Gasteiger partial charge in [0.25, 0.3) is 5.91 Å². The predicted molar refractivity (Wildman–Crippen MR) is 113 cm³/mol. The van der Waals surface area contributed by atoms with Gasteiger partial charge in [-0.3, -0.25) is 4.79 Å². The molecule has 1 amide bonds. The molecule has 2 aromatic heterocycles. The number of H-pyrrole nitrogens is 1. The van der Waals surface area contributed by atoms with Crippen LogP contribution in [0.3, 0.4) is 0 Å². The monoisotopic (exact) mass is 452 g/mol. The van der Waals surface area contributed by atoms with Gasteiger partial charge in [0, 0.05) is 5.56 Å². The van der Waals surface area contributed by atoms with Crippen LogP contribution in [0.4, 0.5) is 0 Å². The van der Waals surface area contributed by atoms with E-state index in [2.05, 4.69) is 20.5 Å². The molecule has 0 saturated carbocycles. The minimum atomic E-state index is -0.658. The summed E-state index contributed by atoms with van der Waals surface area (Å²) in [7, 11) is 2.86. The quantitative estimate of drug-likeness (QED) is 0.439. The number of amides is 1. The third-order valence-electron chi connectivity index (χ3n) is 3.70. The highest BCUT2D eigenvalue weighted by molar-refractivity contribution is 7.13. The minimum Gasteiger partial charge on any atom is -0.494 e. The van der Waals surface area contributed by atoms with Gasteiger partial charge in [0.1, 0.15) is 16.5 Å². The van der Waals surface area contributed by atoms with Crippen LogP contribution < -0.4 is 20.6 Å². The van der Waals surface area contributed by atoms with Crippen molar-refractivity contribution in [1.82, 2.24) is 15.4 Å². The number of aromatic nitrogens is 2. The summed E-state index contributed by atoms with van der Waals surface area (Å²) in [6.07, 6.45) is 1.31. The number of hydrogen-bond donors (Lipinski definition) is 2. The van der Waals surface area contributed by atoms with E-state index in [9.17, 15) is 9.59 Å². The summed E-state index contributed by atoms with van der Waals surface area (Å²) in [6, 6.07) is 6.65. The first-order chi connectivity index (χ1) is 13.9. The second-order valence-corrected chi connectivity index (χ2v) is 7.22. The average molecular weight is 453 g/mol. The highest BCUT2D eigenvalue weighted by Gasteiger charge is 2.17. The molecule has 2 N–H and O–H groups in total. The number of nitrogens with one attached hydrogen (secondary N) is 2. The van der Waals surface area contributed by atoms with E-state index in [4.69, 9.17) is 32.7 Å². The van der Waals surface area contributed by atoms with Crippen LogP contribution >= 0.6 is 34.5 Å². The fourth-order valence-corrected chi connectivity index (χ4v) is 3.85. The van der Waals surface area contributed by atoms with Gasteiger partial charge in [-0.1, -0.05) is 29.3 Å². The van der Waals surface area contributed by atoms with Crippen LogP contribution in [-0.4, -0.2) is 36.3 Å². The Kier molecular flexibility index (Phi) is 6.53. The number of halogens is 2. The molecule has 2 heterocycles. The summed E-state index contributed by atoms with van der Waals surface area (Å²) < 4.78 is 10.4. The van der Waals surface area contributed by atoms with E-state index in [0.29, 0.717) is 11.3 Å². The maximum Gasteiger partial charge on any atom is 0.346 e. The Bertz CT molecular complexity index is 1130. The summed E-state index contributed by atoms with van der Waals surface area (Å²) in [5.41, 5.74) is 2.50. The molecule has 3 rings (SSSR count). The van der Waals surface area contributed by atoms with Gasteiger partial charge in [-0.05, 0) is 23.6 Å². The Morgan fingerprint density at radius 3 is 2.69 bits per heavy atom. The predicted octanol–water partition coefficient (Wildman–Crippen LogP) is 3.59. The largest absolute Gasteiger partial charge is 0.494 e. The zero-order valence-corrected chi connectivity index (χ0v) is 17.5. The molecule has 0 aliphatic carbocycles. The maximum atomic E-state index is 12.4. The van der Waals surface area contributed by atoms with Gasteiger partial charge in [-0.15, -0.1) is 11.3 Å². The number of thiophene rings is 1. The van der Waals surface area contributed by atoms with Crippen molar-refractivity contribution in [3.8, 4) is 22.1 Å². The lowest BCUT2D eigenvalue weighted by Crippen LogP contribution is -2.24. The van der Waals surface area contributed by atoms with E-state index in [1.54, 1.807) is 0 Å². The lowest BCUT2D eigenvalue weighted by Gasteiger charge is -2.12. The van der Waals surface area contributed by atoms with Crippen LogP contribution in [0, 0.1) is 0 Å². The number of hydrogen-bond acceptors (Lipinski definition) is 7. The van der Waals surface area contributed by atoms with Crippen molar-refractivity contribution in [1.29, 1.82) is 0 Å². The summed E-state index contributed by atoms with van der Waals surface area (Å²) in [4.78, 5) is 31.2. The van der Waals surface area contributed by atoms with Gasteiger partial charge in [0.05, 0.1) is 36.0 Å². The van der Waals surface area contributed by atoms with E-state index < -0.39 is 11.6 Å². The van der Waals surface area contributed by atoms with Crippen molar-refractivity contribution < 1.29 is 14.3 Å². The summed E-state index contributed by atoms with van der Waals surface area (Å²) >= 11 is 13.8. The zero-order valence-electron chi connectivity index (χ0n) is 15.2. The number of hydrazone groups is 1. The van der Waals surface area contributed by atoms with E-state index in [0.717, 1.165) is 4.88 Å². The summed E-state index contributed by atoms with van der Waals surface area (Å²) in [6.45, 7) is 0. The zero-order chi connectivity index (χ0) is 21.0. The van der Waals surface area contributed by atoms with E-state index in [1.807, 2.05) is 17.5 Å². The van der Waals surface area contributed by atoms with E-state index in [1.165, 1.54) is 43.9 Å². The highest BCUT2D eigenvalue weighted by atomic mass is 35.5. The fraction of sp³-hybridized carbons (Fsp3) is 0.111. The second kappa shape index (κ2) is 9.08. The van der Waals surface area contributed by atoms with Gasteiger partial charge in [-0.25, -0.2) is 10.2 Å². The Labute approximate surface area is 179 Å². The summed E-state index contributed by atoms with van der Waals surface area (Å²) in [5.74, 6) is -0.116. The molecule has 0 atom stereocenters. The topological polar surface area (TPSA) is 106 Å². The molecule has 0 aliphatic heterocycles.